The number of carbonyl (C=O) groups excluding carboxylic acids is 1. The Labute approximate surface area is 84.3 Å². The second-order valence-corrected chi connectivity index (χ2v) is 3.18. The van der Waals surface area contributed by atoms with Crippen molar-refractivity contribution in [2.75, 3.05) is 0 Å². The van der Waals surface area contributed by atoms with Crippen LogP contribution < -0.4 is 0 Å². The average molecular weight is 202 g/mol. The van der Waals surface area contributed by atoms with Crippen LogP contribution in [0.4, 0.5) is 0 Å². The highest BCUT2D eigenvalue weighted by atomic mass is 16.5. The Morgan fingerprint density at radius 2 is 1.79 bits per heavy atom. The maximum Gasteiger partial charge on any atom is 0.306 e. The first-order chi connectivity index (χ1) is 6.60. The van der Waals surface area contributed by atoms with E-state index in [9.17, 15) is 9.59 Å². The number of carbonyl (C=O) groups is 2. The van der Waals surface area contributed by atoms with Crippen LogP contribution in [0.5, 0.6) is 0 Å². The van der Waals surface area contributed by atoms with Crippen LogP contribution in [0, 0.1) is 0 Å². The maximum absolute atomic E-state index is 11.1. The lowest BCUT2D eigenvalue weighted by atomic mass is 10.2. The van der Waals surface area contributed by atoms with Crippen molar-refractivity contribution in [2.24, 2.45) is 0 Å². The van der Waals surface area contributed by atoms with Gasteiger partial charge in [-0.15, -0.1) is 0 Å². The van der Waals surface area contributed by atoms with Crippen molar-refractivity contribution < 1.29 is 19.4 Å². The lowest BCUT2D eigenvalue weighted by Gasteiger charge is -2.13. The van der Waals surface area contributed by atoms with Crippen LogP contribution >= 0.6 is 0 Å². The van der Waals surface area contributed by atoms with Crippen LogP contribution in [0.1, 0.15) is 46.0 Å². The molecule has 0 atom stereocenters. The van der Waals surface area contributed by atoms with Gasteiger partial charge in [0.15, 0.2) is 0 Å². The van der Waals surface area contributed by atoms with E-state index in [4.69, 9.17) is 9.84 Å². The number of carboxylic acids is 1. The highest BCUT2D eigenvalue weighted by Crippen LogP contribution is 2.06. The Kier molecular flexibility index (Phi) is 6.80. The van der Waals surface area contributed by atoms with E-state index in [-0.39, 0.29) is 24.9 Å². The molecular weight excluding hydrogens is 184 g/mol. The molecule has 0 bridgehead atoms. The molecule has 1 N–H and O–H groups in total. The van der Waals surface area contributed by atoms with Crippen LogP contribution in [-0.2, 0) is 14.3 Å². The van der Waals surface area contributed by atoms with E-state index in [0.717, 1.165) is 12.8 Å². The van der Waals surface area contributed by atoms with Gasteiger partial charge in [0.25, 0.3) is 0 Å². The highest BCUT2D eigenvalue weighted by Gasteiger charge is 2.10. The van der Waals surface area contributed by atoms with E-state index in [1.807, 2.05) is 13.8 Å². The van der Waals surface area contributed by atoms with Crippen molar-refractivity contribution in [3.63, 3.8) is 0 Å². The summed E-state index contributed by atoms with van der Waals surface area (Å²) in [5, 5.41) is 8.35. The molecule has 82 valence electrons. The summed E-state index contributed by atoms with van der Waals surface area (Å²) < 4.78 is 5.10. The van der Waals surface area contributed by atoms with Crippen LogP contribution in [0.3, 0.4) is 0 Å². The quantitative estimate of drug-likeness (QED) is 0.641. The molecule has 0 aromatic carbocycles. The third-order valence-corrected chi connectivity index (χ3v) is 1.98. The summed E-state index contributed by atoms with van der Waals surface area (Å²) in [6, 6.07) is 0. The molecule has 4 nitrogen and oxygen atoms in total. The fourth-order valence-electron chi connectivity index (χ4n) is 1.08. The molecule has 0 aromatic rings. The zero-order chi connectivity index (χ0) is 11.0. The fourth-order valence-corrected chi connectivity index (χ4v) is 1.08. The van der Waals surface area contributed by atoms with Crippen molar-refractivity contribution in [3.8, 4) is 0 Å². The second kappa shape index (κ2) is 7.35. The lowest BCUT2D eigenvalue weighted by Crippen LogP contribution is -2.16. The highest BCUT2D eigenvalue weighted by molar-refractivity contribution is 5.71. The molecule has 14 heavy (non-hydrogen) atoms. The monoisotopic (exact) mass is 202 g/mol. The summed E-state index contributed by atoms with van der Waals surface area (Å²) in [6.45, 7) is 3.91. The minimum atomic E-state index is -0.875. The van der Waals surface area contributed by atoms with Crippen molar-refractivity contribution in [1.29, 1.82) is 0 Å². The van der Waals surface area contributed by atoms with Crippen LogP contribution in [0.2, 0.25) is 0 Å². The van der Waals surface area contributed by atoms with Crippen molar-refractivity contribution in [2.45, 2.75) is 52.1 Å². The van der Waals surface area contributed by atoms with Gasteiger partial charge in [-0.2, -0.15) is 0 Å². The maximum atomic E-state index is 11.1. The van der Waals surface area contributed by atoms with E-state index in [1.165, 1.54) is 0 Å². The molecule has 0 aliphatic rings. The van der Waals surface area contributed by atoms with Gasteiger partial charge >= 0.3 is 11.9 Å². The van der Waals surface area contributed by atoms with E-state index in [0.29, 0.717) is 6.42 Å². The summed E-state index contributed by atoms with van der Waals surface area (Å²) in [4.78, 5) is 21.3. The third kappa shape index (κ3) is 6.46. The number of ether oxygens (including phenoxy) is 1. The summed E-state index contributed by atoms with van der Waals surface area (Å²) >= 11 is 0. The summed E-state index contributed by atoms with van der Waals surface area (Å²) in [5.74, 6) is -1.17. The van der Waals surface area contributed by atoms with Crippen molar-refractivity contribution in [1.82, 2.24) is 0 Å². The van der Waals surface area contributed by atoms with Crippen molar-refractivity contribution in [3.05, 3.63) is 0 Å². The molecule has 0 amide bonds. The van der Waals surface area contributed by atoms with Crippen LogP contribution in [0.25, 0.3) is 0 Å². The van der Waals surface area contributed by atoms with E-state index in [1.54, 1.807) is 0 Å². The Balaban J connectivity index is 3.59. The van der Waals surface area contributed by atoms with Gasteiger partial charge in [-0.05, 0) is 19.3 Å². The lowest BCUT2D eigenvalue weighted by molar-refractivity contribution is -0.149. The average Bonchev–Trinajstić information content (AvgIpc) is 2.13. The molecule has 0 aliphatic heterocycles. The van der Waals surface area contributed by atoms with Gasteiger partial charge in [0.2, 0.25) is 0 Å². The zero-order valence-electron chi connectivity index (χ0n) is 8.78. The molecule has 0 unspecified atom stereocenters. The molecule has 0 aliphatic carbocycles. The molecular formula is C10H18O4. The number of hydrogen-bond donors (Lipinski definition) is 1. The number of rotatable bonds is 7. The first-order valence-electron chi connectivity index (χ1n) is 5.01. The number of aliphatic carboxylic acids is 1. The molecule has 4 heteroatoms. The van der Waals surface area contributed by atoms with Gasteiger partial charge in [0.1, 0.15) is 6.10 Å². The smallest absolute Gasteiger partial charge is 0.306 e. The van der Waals surface area contributed by atoms with E-state index >= 15 is 0 Å². The predicted octanol–water partition coefficient (Wildman–Crippen LogP) is 1.97. The van der Waals surface area contributed by atoms with E-state index < -0.39 is 5.97 Å². The Bertz CT molecular complexity index is 185. The Morgan fingerprint density at radius 3 is 2.21 bits per heavy atom. The fraction of sp³-hybridized carbons (Fsp3) is 0.800. The molecule has 0 aromatic heterocycles. The normalized spacial score (nSPS) is 10.2. The first kappa shape index (κ1) is 12.9. The molecule has 0 spiro atoms. The third-order valence-electron chi connectivity index (χ3n) is 1.98. The minimum Gasteiger partial charge on any atom is -0.481 e. The molecule has 0 rings (SSSR count). The summed E-state index contributed by atoms with van der Waals surface area (Å²) in [5.41, 5.74) is 0. The predicted molar refractivity (Wildman–Crippen MR) is 51.9 cm³/mol. The number of esters is 1. The Hall–Kier alpha value is -1.06. The number of carboxylic acid groups (broad SMARTS) is 1. The van der Waals surface area contributed by atoms with Gasteiger partial charge in [-0.3, -0.25) is 9.59 Å². The first-order valence-corrected chi connectivity index (χ1v) is 5.01. The van der Waals surface area contributed by atoms with Gasteiger partial charge in [-0.25, -0.2) is 0 Å². The van der Waals surface area contributed by atoms with Gasteiger partial charge in [-0.1, -0.05) is 13.8 Å². The molecule has 0 saturated carbocycles. The topological polar surface area (TPSA) is 63.6 Å². The van der Waals surface area contributed by atoms with Crippen LogP contribution in [0.15, 0.2) is 0 Å². The van der Waals surface area contributed by atoms with Crippen LogP contribution in [-0.4, -0.2) is 23.1 Å². The van der Waals surface area contributed by atoms with E-state index in [2.05, 4.69) is 0 Å². The van der Waals surface area contributed by atoms with Gasteiger partial charge in [0, 0.05) is 12.8 Å². The zero-order valence-corrected chi connectivity index (χ0v) is 8.78. The largest absolute Gasteiger partial charge is 0.481 e. The molecule has 0 fully saturated rings. The number of hydrogen-bond acceptors (Lipinski definition) is 3. The SMILES string of the molecule is CCC(CC)OC(=O)CCCC(=O)O. The standard InChI is InChI=1S/C10H18O4/c1-3-8(4-2)14-10(13)7-5-6-9(11)12/h8H,3-7H2,1-2H3,(H,11,12). The summed E-state index contributed by atoms with van der Waals surface area (Å²) in [6.07, 6.45) is 2.17. The van der Waals surface area contributed by atoms with Gasteiger partial charge < -0.3 is 9.84 Å². The summed E-state index contributed by atoms with van der Waals surface area (Å²) in [7, 11) is 0. The minimum absolute atomic E-state index is 0.0210. The molecule has 0 heterocycles. The van der Waals surface area contributed by atoms with Gasteiger partial charge in [0.05, 0.1) is 0 Å². The Morgan fingerprint density at radius 1 is 1.21 bits per heavy atom. The van der Waals surface area contributed by atoms with Crippen molar-refractivity contribution >= 4 is 11.9 Å². The second-order valence-electron chi connectivity index (χ2n) is 3.18. The molecule has 0 radical (unpaired) electrons. The molecule has 0 saturated heterocycles.